The average molecular weight is 631 g/mol. The molecule has 4 heterocycles. The predicted octanol–water partition coefficient (Wildman–Crippen LogP) is 2.26. The molecule has 1 aliphatic carbocycles. The van der Waals surface area contributed by atoms with Gasteiger partial charge in [0, 0.05) is 100 Å². The number of aryl methyl sites for hydroxylation is 2. The largest absolute Gasteiger partial charge is 0.392 e. The van der Waals surface area contributed by atoms with Gasteiger partial charge in [0.2, 0.25) is 6.41 Å². The number of rotatable bonds is 12. The van der Waals surface area contributed by atoms with E-state index in [9.17, 15) is 14.7 Å². The average Bonchev–Trinajstić information content (AvgIpc) is 3.47. The summed E-state index contributed by atoms with van der Waals surface area (Å²) in [7, 11) is 3.33. The molecule has 0 unspecified atom stereocenters. The number of piperazine rings is 1. The number of pyridine rings is 2. The summed E-state index contributed by atoms with van der Waals surface area (Å²) in [4.78, 5) is 38.3. The van der Waals surface area contributed by atoms with Crippen molar-refractivity contribution in [1.82, 2.24) is 24.3 Å². The number of amidine groups is 1. The van der Waals surface area contributed by atoms with Gasteiger partial charge in [-0.1, -0.05) is 13.8 Å². The van der Waals surface area contributed by atoms with Gasteiger partial charge in [0.15, 0.2) is 0 Å². The number of anilines is 1. The number of aromatic nitrogens is 3. The first kappa shape index (κ1) is 33.1. The highest BCUT2D eigenvalue weighted by atomic mass is 16.5. The van der Waals surface area contributed by atoms with Crippen molar-refractivity contribution in [1.29, 1.82) is 0 Å². The lowest BCUT2D eigenvalue weighted by molar-refractivity contribution is -0.107. The van der Waals surface area contributed by atoms with Crippen LogP contribution >= 0.6 is 0 Å². The van der Waals surface area contributed by atoms with E-state index >= 15 is 0 Å². The van der Waals surface area contributed by atoms with E-state index in [1.807, 2.05) is 0 Å². The number of aliphatic hydroxyl groups is 1. The minimum absolute atomic E-state index is 0.163. The Balaban J connectivity index is 1.41. The van der Waals surface area contributed by atoms with Gasteiger partial charge in [-0.25, -0.2) is 9.98 Å². The second-order valence-electron chi connectivity index (χ2n) is 13.0. The molecule has 0 aromatic carbocycles. The maximum atomic E-state index is 13.1. The van der Waals surface area contributed by atoms with Crippen LogP contribution < -0.4 is 21.5 Å². The van der Waals surface area contributed by atoms with Gasteiger partial charge in [0.1, 0.15) is 17.3 Å². The van der Waals surface area contributed by atoms with Crippen molar-refractivity contribution in [2.45, 2.75) is 46.8 Å². The van der Waals surface area contributed by atoms with E-state index in [1.54, 1.807) is 49.7 Å². The van der Waals surface area contributed by atoms with E-state index in [0.717, 1.165) is 44.6 Å². The zero-order chi connectivity index (χ0) is 33.0. The Kier molecular flexibility index (Phi) is 10.1. The smallest absolute Gasteiger partial charge is 0.276 e. The Labute approximate surface area is 270 Å². The SMILES string of the molecule is COCCN1CCN/C(=C\C(N)=Nc2cc(-c3ccnc(N(C=O)CCn4c(C)cc5c4CC(C)(C)C5)c3CO)cn(C)c2=O)C1. The molecule has 0 atom stereocenters. The Morgan fingerprint density at radius 1 is 1.28 bits per heavy atom. The zero-order valence-electron chi connectivity index (χ0n) is 27.5. The molecule has 246 valence electrons. The molecule has 4 N–H and O–H groups in total. The van der Waals surface area contributed by atoms with Gasteiger partial charge >= 0.3 is 0 Å². The van der Waals surface area contributed by atoms with Crippen LogP contribution in [0.25, 0.3) is 11.1 Å². The number of fused-ring (bicyclic) bond motifs is 1. The number of nitrogens with two attached hydrogens (primary N) is 1. The number of nitrogens with zero attached hydrogens (tertiary/aromatic N) is 6. The molecule has 46 heavy (non-hydrogen) atoms. The number of ether oxygens (including phenoxy) is 1. The summed E-state index contributed by atoms with van der Waals surface area (Å²) in [6.45, 7) is 11.1. The maximum absolute atomic E-state index is 13.1. The highest BCUT2D eigenvalue weighted by Gasteiger charge is 2.32. The first-order chi connectivity index (χ1) is 22.0. The number of carbonyl (C=O) groups is 1. The normalized spacial score (nSPS) is 17.3. The quantitative estimate of drug-likeness (QED) is 0.157. The molecule has 1 amide bonds. The van der Waals surface area contributed by atoms with Crippen LogP contribution in [-0.4, -0.2) is 82.8 Å². The molecule has 0 spiro atoms. The number of aliphatic imine (C=N–C) groups is 1. The number of hydrogen-bond donors (Lipinski definition) is 3. The van der Waals surface area contributed by atoms with Crippen LogP contribution in [0.5, 0.6) is 0 Å². The molecule has 0 radical (unpaired) electrons. The standard InChI is InChI=1S/C34H46N8O4/c1-23-14-24-17-34(2,3)18-30(24)42(23)11-10-41(22-44)32-28(21-43)27(6-7-37-32)25-15-29(33(45)39(4)19-25)38-31(35)16-26-20-40(9-8-36-26)12-13-46-5/h6-7,14-16,19,22,36,43H,8-13,17-18,20-21H2,1-5H3,(H2,35,38)/b26-16-. The van der Waals surface area contributed by atoms with Crippen LogP contribution in [-0.2, 0) is 42.6 Å². The minimum atomic E-state index is -0.351. The molecule has 1 aliphatic heterocycles. The highest BCUT2D eigenvalue weighted by Crippen LogP contribution is 2.38. The molecule has 2 aliphatic rings. The molecule has 3 aromatic rings. The van der Waals surface area contributed by atoms with Crippen LogP contribution in [0.1, 0.15) is 36.4 Å². The summed E-state index contributed by atoms with van der Waals surface area (Å²) in [5.41, 5.74) is 12.9. The summed E-state index contributed by atoms with van der Waals surface area (Å²) in [5, 5.41) is 13.9. The van der Waals surface area contributed by atoms with Crippen LogP contribution in [0, 0.1) is 12.3 Å². The molecule has 0 saturated carbocycles. The van der Waals surface area contributed by atoms with Gasteiger partial charge in [0.25, 0.3) is 5.56 Å². The molecule has 12 heteroatoms. The van der Waals surface area contributed by atoms with E-state index in [-0.39, 0.29) is 29.1 Å². The van der Waals surface area contributed by atoms with Gasteiger partial charge in [-0.2, -0.15) is 0 Å². The molecular formula is C34H46N8O4. The molecule has 0 bridgehead atoms. The predicted molar refractivity (Wildman–Crippen MR) is 180 cm³/mol. The Morgan fingerprint density at radius 2 is 2.09 bits per heavy atom. The maximum Gasteiger partial charge on any atom is 0.276 e. The van der Waals surface area contributed by atoms with Crippen LogP contribution in [0.15, 0.2) is 52.2 Å². The van der Waals surface area contributed by atoms with Crippen LogP contribution in [0.4, 0.5) is 11.5 Å². The fraction of sp³-hybridized carbons (Fsp3) is 0.471. The Morgan fingerprint density at radius 3 is 2.83 bits per heavy atom. The third kappa shape index (κ3) is 7.24. The molecule has 3 aromatic heterocycles. The zero-order valence-corrected chi connectivity index (χ0v) is 27.5. The van der Waals surface area contributed by atoms with Crippen molar-refractivity contribution in [3.63, 3.8) is 0 Å². The van der Waals surface area contributed by atoms with Gasteiger partial charge < -0.3 is 30.0 Å². The number of methoxy groups -OCH3 is 1. The fourth-order valence-corrected chi connectivity index (χ4v) is 6.61. The highest BCUT2D eigenvalue weighted by molar-refractivity contribution is 5.94. The number of carbonyl (C=O) groups excluding carboxylic acids is 1. The van der Waals surface area contributed by atoms with E-state index in [2.05, 4.69) is 51.6 Å². The van der Waals surface area contributed by atoms with Crippen molar-refractivity contribution in [2.24, 2.45) is 23.2 Å². The van der Waals surface area contributed by atoms with E-state index < -0.39 is 0 Å². The van der Waals surface area contributed by atoms with Crippen molar-refractivity contribution < 1.29 is 14.6 Å². The Bertz CT molecular complexity index is 1700. The minimum Gasteiger partial charge on any atom is -0.392 e. The van der Waals surface area contributed by atoms with Gasteiger partial charge in [-0.05, 0) is 54.5 Å². The van der Waals surface area contributed by atoms with Crippen molar-refractivity contribution in [3.05, 3.63) is 75.2 Å². The van der Waals surface area contributed by atoms with Crippen molar-refractivity contribution in [2.75, 3.05) is 51.3 Å². The summed E-state index contributed by atoms with van der Waals surface area (Å²) < 4.78 is 8.93. The number of aliphatic hydroxyl groups excluding tert-OH is 1. The summed E-state index contributed by atoms with van der Waals surface area (Å²) >= 11 is 0. The lowest BCUT2D eigenvalue weighted by Crippen LogP contribution is -2.43. The third-order valence-corrected chi connectivity index (χ3v) is 8.81. The second kappa shape index (κ2) is 14.0. The van der Waals surface area contributed by atoms with Crippen LogP contribution in [0.2, 0.25) is 0 Å². The molecule has 12 nitrogen and oxygen atoms in total. The van der Waals surface area contributed by atoms with E-state index in [0.29, 0.717) is 48.7 Å². The molecule has 1 fully saturated rings. The summed E-state index contributed by atoms with van der Waals surface area (Å²) in [5.74, 6) is 0.576. The van der Waals surface area contributed by atoms with E-state index in [1.165, 1.54) is 21.5 Å². The number of amides is 1. The molecule has 1 saturated heterocycles. The van der Waals surface area contributed by atoms with Crippen molar-refractivity contribution in [3.8, 4) is 11.1 Å². The first-order valence-corrected chi connectivity index (χ1v) is 15.7. The molecule has 5 rings (SSSR count). The second-order valence-corrected chi connectivity index (χ2v) is 13.0. The lowest BCUT2D eigenvalue weighted by Gasteiger charge is -2.29. The number of nitrogens with one attached hydrogen (secondary N) is 1. The third-order valence-electron chi connectivity index (χ3n) is 8.81. The van der Waals surface area contributed by atoms with Gasteiger partial charge in [-0.3, -0.25) is 19.4 Å². The molecular weight excluding hydrogens is 584 g/mol. The fourth-order valence-electron chi connectivity index (χ4n) is 6.61. The van der Waals surface area contributed by atoms with Crippen LogP contribution in [0.3, 0.4) is 0 Å². The topological polar surface area (TPSA) is 143 Å². The van der Waals surface area contributed by atoms with Gasteiger partial charge in [0.05, 0.1) is 13.2 Å². The van der Waals surface area contributed by atoms with Crippen molar-refractivity contribution >= 4 is 23.8 Å². The van der Waals surface area contributed by atoms with E-state index in [4.69, 9.17) is 10.5 Å². The lowest BCUT2D eigenvalue weighted by atomic mass is 9.90. The summed E-state index contributed by atoms with van der Waals surface area (Å²) in [6.07, 6.45) is 7.84. The summed E-state index contributed by atoms with van der Waals surface area (Å²) in [6, 6.07) is 5.67. The number of hydrogen-bond acceptors (Lipinski definition) is 8. The van der Waals surface area contributed by atoms with Gasteiger partial charge in [-0.15, -0.1) is 0 Å². The monoisotopic (exact) mass is 630 g/mol. The first-order valence-electron chi connectivity index (χ1n) is 15.7. The Hall–Kier alpha value is -4.26.